The Labute approximate surface area is 151 Å². The van der Waals surface area contributed by atoms with E-state index in [9.17, 15) is 9.90 Å². The number of para-hydroxylation sites is 1. The molecule has 0 unspecified atom stereocenters. The summed E-state index contributed by atoms with van der Waals surface area (Å²) in [6, 6.07) is 17.3. The molecule has 0 saturated heterocycles. The van der Waals surface area contributed by atoms with E-state index in [0.29, 0.717) is 22.8 Å². The quantitative estimate of drug-likeness (QED) is 0.696. The van der Waals surface area contributed by atoms with E-state index in [2.05, 4.69) is 5.32 Å². The van der Waals surface area contributed by atoms with E-state index in [-0.39, 0.29) is 24.9 Å². The molecule has 2 amide bonds. The van der Waals surface area contributed by atoms with Crippen LogP contribution in [0.5, 0.6) is 11.5 Å². The van der Waals surface area contributed by atoms with Crippen molar-refractivity contribution in [3.63, 3.8) is 0 Å². The van der Waals surface area contributed by atoms with Crippen LogP contribution in [-0.4, -0.2) is 23.1 Å². The van der Waals surface area contributed by atoms with Crippen LogP contribution >= 0.6 is 0 Å². The number of aromatic hydroxyl groups is 1. The van der Waals surface area contributed by atoms with Crippen LogP contribution in [0.15, 0.2) is 71.3 Å². The highest BCUT2D eigenvalue weighted by Gasteiger charge is 2.18. The molecule has 0 spiro atoms. The van der Waals surface area contributed by atoms with E-state index in [0.717, 1.165) is 0 Å². The third kappa shape index (κ3) is 4.36. The number of carbonyl (C=O) groups is 1. The molecule has 1 aromatic heterocycles. The van der Waals surface area contributed by atoms with E-state index in [1.165, 1.54) is 0 Å². The first-order valence-electron chi connectivity index (χ1n) is 8.15. The Balaban J connectivity index is 1.79. The van der Waals surface area contributed by atoms with Crippen LogP contribution in [0.2, 0.25) is 0 Å². The predicted octanol–water partition coefficient (Wildman–Crippen LogP) is 4.23. The van der Waals surface area contributed by atoms with Crippen molar-refractivity contribution >= 4 is 11.7 Å². The van der Waals surface area contributed by atoms with Gasteiger partial charge in [0.05, 0.1) is 26.5 Å². The zero-order valence-corrected chi connectivity index (χ0v) is 14.4. The van der Waals surface area contributed by atoms with Gasteiger partial charge in [-0.25, -0.2) is 4.79 Å². The van der Waals surface area contributed by atoms with E-state index in [1.54, 1.807) is 72.9 Å². The van der Waals surface area contributed by atoms with Crippen molar-refractivity contribution < 1.29 is 19.1 Å². The number of furan rings is 1. The van der Waals surface area contributed by atoms with Crippen molar-refractivity contribution in [2.75, 3.05) is 12.4 Å². The van der Waals surface area contributed by atoms with Gasteiger partial charge in [0.2, 0.25) is 0 Å². The molecule has 2 N–H and O–H groups in total. The molecule has 0 bridgehead atoms. The van der Waals surface area contributed by atoms with Crippen molar-refractivity contribution in [2.45, 2.75) is 13.1 Å². The van der Waals surface area contributed by atoms with E-state index in [4.69, 9.17) is 9.15 Å². The van der Waals surface area contributed by atoms with Crippen LogP contribution in [0.4, 0.5) is 10.5 Å². The second kappa shape index (κ2) is 8.11. The minimum Gasteiger partial charge on any atom is -0.508 e. The molecular weight excluding hydrogens is 332 g/mol. The van der Waals surface area contributed by atoms with Crippen molar-refractivity contribution in [3.8, 4) is 11.5 Å². The number of ether oxygens (including phenoxy) is 1. The fourth-order valence-corrected chi connectivity index (χ4v) is 2.54. The van der Waals surface area contributed by atoms with Crippen LogP contribution in [0.3, 0.4) is 0 Å². The van der Waals surface area contributed by atoms with E-state index < -0.39 is 0 Å². The lowest BCUT2D eigenvalue weighted by Gasteiger charge is -2.23. The van der Waals surface area contributed by atoms with Gasteiger partial charge in [-0.3, -0.25) is 0 Å². The number of carbonyl (C=O) groups excluding carboxylic acids is 1. The van der Waals surface area contributed by atoms with Crippen LogP contribution in [0, 0.1) is 0 Å². The number of anilines is 1. The molecule has 0 aliphatic rings. The van der Waals surface area contributed by atoms with Gasteiger partial charge in [0, 0.05) is 17.3 Å². The molecule has 3 rings (SSSR count). The van der Waals surface area contributed by atoms with Gasteiger partial charge >= 0.3 is 6.03 Å². The Bertz CT molecular complexity index is 862. The third-order valence-electron chi connectivity index (χ3n) is 3.89. The molecule has 0 fully saturated rings. The molecule has 134 valence electrons. The SMILES string of the molecule is COc1cccc(NC(=O)N(Cc2ccco2)Cc2ccccc2O)c1. The minimum absolute atomic E-state index is 0.145. The molecule has 1 heterocycles. The largest absolute Gasteiger partial charge is 0.508 e. The maximum absolute atomic E-state index is 12.8. The van der Waals surface area contributed by atoms with Gasteiger partial charge in [0.1, 0.15) is 17.3 Å². The first-order valence-corrected chi connectivity index (χ1v) is 8.15. The van der Waals surface area contributed by atoms with Crippen molar-refractivity contribution in [1.29, 1.82) is 0 Å². The number of urea groups is 1. The molecule has 0 saturated carbocycles. The van der Waals surface area contributed by atoms with Gasteiger partial charge in [-0.15, -0.1) is 0 Å². The Hall–Kier alpha value is -3.41. The summed E-state index contributed by atoms with van der Waals surface area (Å²) in [5.41, 5.74) is 1.27. The van der Waals surface area contributed by atoms with Gasteiger partial charge in [0.15, 0.2) is 0 Å². The van der Waals surface area contributed by atoms with Crippen LogP contribution in [-0.2, 0) is 13.1 Å². The van der Waals surface area contributed by atoms with Gasteiger partial charge in [-0.1, -0.05) is 24.3 Å². The summed E-state index contributed by atoms with van der Waals surface area (Å²) in [4.78, 5) is 14.4. The maximum Gasteiger partial charge on any atom is 0.322 e. The van der Waals surface area contributed by atoms with Gasteiger partial charge in [0.25, 0.3) is 0 Å². The smallest absolute Gasteiger partial charge is 0.322 e. The summed E-state index contributed by atoms with van der Waals surface area (Å²) in [6.45, 7) is 0.514. The normalized spacial score (nSPS) is 10.3. The highest BCUT2D eigenvalue weighted by atomic mass is 16.5. The Morgan fingerprint density at radius 1 is 1.12 bits per heavy atom. The topological polar surface area (TPSA) is 74.9 Å². The molecule has 6 nitrogen and oxygen atoms in total. The highest BCUT2D eigenvalue weighted by molar-refractivity contribution is 5.89. The summed E-state index contributed by atoms with van der Waals surface area (Å²) in [6.07, 6.45) is 1.56. The van der Waals surface area contributed by atoms with E-state index >= 15 is 0 Å². The molecule has 6 heteroatoms. The fraction of sp³-hybridized carbons (Fsp3) is 0.150. The van der Waals surface area contributed by atoms with Crippen LogP contribution < -0.4 is 10.1 Å². The summed E-state index contributed by atoms with van der Waals surface area (Å²) in [5.74, 6) is 1.45. The Morgan fingerprint density at radius 3 is 2.69 bits per heavy atom. The standard InChI is InChI=1S/C20H20N2O4/c1-25-17-8-4-7-16(12-17)21-20(24)22(14-18-9-5-11-26-18)13-15-6-2-3-10-19(15)23/h2-12,23H,13-14H2,1H3,(H,21,24). The number of hydrogen-bond acceptors (Lipinski definition) is 4. The van der Waals surface area contributed by atoms with Crippen molar-refractivity contribution in [2.24, 2.45) is 0 Å². The number of methoxy groups -OCH3 is 1. The lowest BCUT2D eigenvalue weighted by atomic mass is 10.2. The molecule has 0 atom stereocenters. The zero-order chi connectivity index (χ0) is 18.4. The lowest BCUT2D eigenvalue weighted by Crippen LogP contribution is -2.34. The fourth-order valence-electron chi connectivity index (χ4n) is 2.54. The number of nitrogens with one attached hydrogen (secondary N) is 1. The minimum atomic E-state index is -0.307. The number of rotatable bonds is 6. The first-order chi connectivity index (χ1) is 12.7. The van der Waals surface area contributed by atoms with Crippen molar-refractivity contribution in [1.82, 2.24) is 4.90 Å². The number of phenolic OH excluding ortho intramolecular Hbond substituents is 1. The monoisotopic (exact) mass is 352 g/mol. The second-order valence-electron chi connectivity index (χ2n) is 5.73. The number of nitrogens with zero attached hydrogens (tertiary/aromatic N) is 1. The molecule has 3 aromatic rings. The second-order valence-corrected chi connectivity index (χ2v) is 5.73. The van der Waals surface area contributed by atoms with E-state index in [1.807, 2.05) is 6.07 Å². The molecule has 0 aliphatic heterocycles. The average Bonchev–Trinajstić information content (AvgIpc) is 3.16. The number of phenols is 1. The molecule has 2 aromatic carbocycles. The first kappa shape index (κ1) is 17.4. The third-order valence-corrected chi connectivity index (χ3v) is 3.89. The lowest BCUT2D eigenvalue weighted by molar-refractivity contribution is 0.200. The van der Waals surface area contributed by atoms with Crippen LogP contribution in [0.25, 0.3) is 0 Å². The summed E-state index contributed by atoms with van der Waals surface area (Å²) in [5, 5.41) is 12.9. The zero-order valence-electron chi connectivity index (χ0n) is 14.4. The van der Waals surface area contributed by atoms with Crippen molar-refractivity contribution in [3.05, 3.63) is 78.3 Å². The Morgan fingerprint density at radius 2 is 1.96 bits per heavy atom. The molecule has 26 heavy (non-hydrogen) atoms. The maximum atomic E-state index is 12.8. The number of hydrogen-bond donors (Lipinski definition) is 2. The number of amides is 2. The summed E-state index contributed by atoms with van der Waals surface area (Å²) < 4.78 is 10.5. The number of benzene rings is 2. The molecule has 0 aliphatic carbocycles. The Kier molecular flexibility index (Phi) is 5.43. The highest BCUT2D eigenvalue weighted by Crippen LogP contribution is 2.21. The summed E-state index contributed by atoms with van der Waals surface area (Å²) in [7, 11) is 1.57. The van der Waals surface area contributed by atoms with Crippen LogP contribution in [0.1, 0.15) is 11.3 Å². The van der Waals surface area contributed by atoms with Gasteiger partial charge in [-0.05, 0) is 30.3 Å². The molecule has 0 radical (unpaired) electrons. The average molecular weight is 352 g/mol. The van der Waals surface area contributed by atoms with Gasteiger partial charge < -0.3 is 24.5 Å². The predicted molar refractivity (Wildman–Crippen MR) is 98.1 cm³/mol. The van der Waals surface area contributed by atoms with Gasteiger partial charge in [-0.2, -0.15) is 0 Å². The molecular formula is C20H20N2O4. The summed E-state index contributed by atoms with van der Waals surface area (Å²) >= 11 is 0.